The molecule has 0 radical (unpaired) electrons. The molecule has 28 heavy (non-hydrogen) atoms. The SMILES string of the molecule is Cc1nnc(CSc2nnc(-c3ccc(Cl)cc3Cl)n2Cc2ccccc2)o1. The molecule has 0 fully saturated rings. The Balaban J connectivity index is 1.70. The maximum absolute atomic E-state index is 6.42. The Hall–Kier alpha value is -2.35. The molecular formula is C19H15Cl2N5OS. The second-order valence-electron chi connectivity index (χ2n) is 6.01. The van der Waals surface area contributed by atoms with Gasteiger partial charge in [0.2, 0.25) is 11.8 Å². The van der Waals surface area contributed by atoms with Gasteiger partial charge in [-0.1, -0.05) is 65.3 Å². The summed E-state index contributed by atoms with van der Waals surface area (Å²) < 4.78 is 7.48. The number of hydrogen-bond acceptors (Lipinski definition) is 6. The van der Waals surface area contributed by atoms with E-state index in [1.807, 2.05) is 28.8 Å². The Kier molecular flexibility index (Phi) is 5.66. The lowest BCUT2D eigenvalue weighted by atomic mass is 10.2. The van der Waals surface area contributed by atoms with Crippen LogP contribution in [0, 0.1) is 6.92 Å². The Bertz CT molecular complexity index is 1100. The summed E-state index contributed by atoms with van der Waals surface area (Å²) in [5.41, 5.74) is 1.90. The van der Waals surface area contributed by atoms with E-state index in [2.05, 4.69) is 32.5 Å². The van der Waals surface area contributed by atoms with Gasteiger partial charge in [-0.2, -0.15) is 0 Å². The fraction of sp³-hybridized carbons (Fsp3) is 0.158. The standard InChI is InChI=1S/C19H15Cl2N5OS/c1-12-22-23-17(27-12)11-28-19-25-24-18(15-8-7-14(20)9-16(15)21)26(19)10-13-5-3-2-4-6-13/h2-9H,10-11H2,1H3. The van der Waals surface area contributed by atoms with E-state index in [0.29, 0.717) is 39.9 Å². The summed E-state index contributed by atoms with van der Waals surface area (Å²) in [6, 6.07) is 15.5. The van der Waals surface area contributed by atoms with Gasteiger partial charge in [-0.3, -0.25) is 4.57 Å². The molecule has 0 aliphatic carbocycles. The van der Waals surface area contributed by atoms with Gasteiger partial charge < -0.3 is 4.42 Å². The van der Waals surface area contributed by atoms with Crippen LogP contribution < -0.4 is 0 Å². The maximum Gasteiger partial charge on any atom is 0.226 e. The largest absolute Gasteiger partial charge is 0.425 e. The highest BCUT2D eigenvalue weighted by Gasteiger charge is 2.18. The highest BCUT2D eigenvalue weighted by atomic mass is 35.5. The monoisotopic (exact) mass is 431 g/mol. The minimum absolute atomic E-state index is 0.502. The van der Waals surface area contributed by atoms with Gasteiger partial charge in [0.1, 0.15) is 0 Å². The first-order chi connectivity index (χ1) is 13.6. The molecule has 0 aliphatic heterocycles. The van der Waals surface area contributed by atoms with Crippen molar-refractivity contribution in [1.82, 2.24) is 25.0 Å². The van der Waals surface area contributed by atoms with Crippen LogP contribution in [0.1, 0.15) is 17.3 Å². The fourth-order valence-electron chi connectivity index (χ4n) is 2.70. The first-order valence-corrected chi connectivity index (χ1v) is 10.2. The van der Waals surface area contributed by atoms with Gasteiger partial charge in [-0.25, -0.2) is 0 Å². The molecule has 0 saturated heterocycles. The minimum atomic E-state index is 0.502. The molecule has 0 saturated carbocycles. The normalized spacial score (nSPS) is 11.1. The van der Waals surface area contributed by atoms with E-state index in [1.54, 1.807) is 19.1 Å². The lowest BCUT2D eigenvalue weighted by Crippen LogP contribution is -2.04. The van der Waals surface area contributed by atoms with Crippen molar-refractivity contribution in [1.29, 1.82) is 0 Å². The zero-order valence-electron chi connectivity index (χ0n) is 14.8. The predicted molar refractivity (Wildman–Crippen MR) is 110 cm³/mol. The molecule has 9 heteroatoms. The molecule has 0 aliphatic rings. The van der Waals surface area contributed by atoms with Crippen molar-refractivity contribution < 1.29 is 4.42 Å². The van der Waals surface area contributed by atoms with Crippen LogP contribution in [0.5, 0.6) is 0 Å². The molecule has 0 atom stereocenters. The van der Waals surface area contributed by atoms with Crippen LogP contribution in [0.4, 0.5) is 0 Å². The number of hydrogen-bond donors (Lipinski definition) is 0. The summed E-state index contributed by atoms with van der Waals surface area (Å²) in [5.74, 6) is 2.26. The van der Waals surface area contributed by atoms with Gasteiger partial charge in [0.25, 0.3) is 0 Å². The molecule has 2 aromatic heterocycles. The molecule has 2 heterocycles. The molecule has 6 nitrogen and oxygen atoms in total. The van der Waals surface area contributed by atoms with E-state index in [4.69, 9.17) is 27.6 Å². The van der Waals surface area contributed by atoms with Crippen molar-refractivity contribution in [2.24, 2.45) is 0 Å². The average molecular weight is 432 g/mol. The van der Waals surface area contributed by atoms with E-state index in [9.17, 15) is 0 Å². The molecule has 4 rings (SSSR count). The van der Waals surface area contributed by atoms with Crippen molar-refractivity contribution in [2.45, 2.75) is 24.4 Å². The topological polar surface area (TPSA) is 69.6 Å². The molecule has 142 valence electrons. The zero-order valence-corrected chi connectivity index (χ0v) is 17.2. The number of rotatable bonds is 6. The Morgan fingerprint density at radius 2 is 1.82 bits per heavy atom. The van der Waals surface area contributed by atoms with Gasteiger partial charge in [0.15, 0.2) is 11.0 Å². The highest BCUT2D eigenvalue weighted by Crippen LogP contribution is 2.32. The van der Waals surface area contributed by atoms with Crippen LogP contribution in [0.25, 0.3) is 11.4 Å². The van der Waals surface area contributed by atoms with Gasteiger partial charge >= 0.3 is 0 Å². The summed E-state index contributed by atoms with van der Waals surface area (Å²) in [4.78, 5) is 0. The third kappa shape index (κ3) is 4.22. The highest BCUT2D eigenvalue weighted by molar-refractivity contribution is 7.98. The minimum Gasteiger partial charge on any atom is -0.425 e. The van der Waals surface area contributed by atoms with Crippen molar-refractivity contribution in [2.75, 3.05) is 0 Å². The van der Waals surface area contributed by atoms with Gasteiger partial charge in [0.05, 0.1) is 17.3 Å². The molecule has 4 aromatic rings. The molecular weight excluding hydrogens is 417 g/mol. The first-order valence-electron chi connectivity index (χ1n) is 8.44. The Morgan fingerprint density at radius 1 is 1.00 bits per heavy atom. The summed E-state index contributed by atoms with van der Waals surface area (Å²) in [6.45, 7) is 2.37. The summed E-state index contributed by atoms with van der Waals surface area (Å²) in [6.07, 6.45) is 0. The van der Waals surface area contributed by atoms with Crippen molar-refractivity contribution >= 4 is 35.0 Å². The number of halogens is 2. The third-order valence-corrected chi connectivity index (χ3v) is 5.46. The first kappa shape index (κ1) is 19.0. The van der Waals surface area contributed by atoms with Crippen LogP contribution in [-0.2, 0) is 12.3 Å². The van der Waals surface area contributed by atoms with Crippen LogP contribution >= 0.6 is 35.0 Å². The third-order valence-electron chi connectivity index (χ3n) is 3.97. The molecule has 0 spiro atoms. The van der Waals surface area contributed by atoms with E-state index < -0.39 is 0 Å². The Labute approximate surface area is 175 Å². The van der Waals surface area contributed by atoms with E-state index in [0.717, 1.165) is 16.3 Å². The van der Waals surface area contributed by atoms with Gasteiger partial charge in [0, 0.05) is 17.5 Å². The maximum atomic E-state index is 6.42. The molecule has 0 bridgehead atoms. The second kappa shape index (κ2) is 8.34. The number of benzene rings is 2. The number of nitrogens with zero attached hydrogens (tertiary/aromatic N) is 5. The fourth-order valence-corrected chi connectivity index (χ4v) is 3.96. The van der Waals surface area contributed by atoms with Gasteiger partial charge in [-0.05, 0) is 23.8 Å². The quantitative estimate of drug-likeness (QED) is 0.386. The molecule has 0 amide bonds. The van der Waals surface area contributed by atoms with Crippen LogP contribution in [0.15, 0.2) is 58.1 Å². The number of aromatic nitrogens is 5. The number of aryl methyl sites for hydroxylation is 1. The van der Waals surface area contributed by atoms with Gasteiger partial charge in [-0.15, -0.1) is 20.4 Å². The van der Waals surface area contributed by atoms with E-state index >= 15 is 0 Å². The summed E-state index contributed by atoms with van der Waals surface area (Å²) in [5, 5.41) is 18.5. The van der Waals surface area contributed by atoms with Crippen molar-refractivity contribution in [3.8, 4) is 11.4 Å². The molecule has 0 N–H and O–H groups in total. The average Bonchev–Trinajstić information content (AvgIpc) is 3.27. The zero-order chi connectivity index (χ0) is 19.5. The second-order valence-corrected chi connectivity index (χ2v) is 7.79. The lowest BCUT2D eigenvalue weighted by molar-refractivity contribution is 0.485. The summed E-state index contributed by atoms with van der Waals surface area (Å²) >= 11 is 13.9. The summed E-state index contributed by atoms with van der Waals surface area (Å²) in [7, 11) is 0. The van der Waals surface area contributed by atoms with E-state index in [-0.39, 0.29) is 0 Å². The predicted octanol–water partition coefficient (Wildman–Crippen LogP) is 5.28. The van der Waals surface area contributed by atoms with Crippen molar-refractivity contribution in [3.63, 3.8) is 0 Å². The van der Waals surface area contributed by atoms with E-state index in [1.165, 1.54) is 11.8 Å². The number of thioether (sulfide) groups is 1. The smallest absolute Gasteiger partial charge is 0.226 e. The lowest BCUT2D eigenvalue weighted by Gasteiger charge is -2.11. The van der Waals surface area contributed by atoms with Crippen molar-refractivity contribution in [3.05, 3.63) is 75.9 Å². The molecule has 0 unspecified atom stereocenters. The van der Waals surface area contributed by atoms with Crippen LogP contribution in [-0.4, -0.2) is 25.0 Å². The molecule has 2 aromatic carbocycles. The van der Waals surface area contributed by atoms with Crippen LogP contribution in [0.2, 0.25) is 10.0 Å². The Morgan fingerprint density at radius 3 is 2.54 bits per heavy atom. The van der Waals surface area contributed by atoms with Crippen LogP contribution in [0.3, 0.4) is 0 Å².